The van der Waals surface area contributed by atoms with Crippen molar-refractivity contribution in [2.24, 2.45) is 0 Å². The van der Waals surface area contributed by atoms with Crippen molar-refractivity contribution in [2.45, 2.75) is 6.18 Å². The monoisotopic (exact) mass is 344 g/mol. The first-order valence-corrected chi connectivity index (χ1v) is 7.50. The lowest BCUT2D eigenvalue weighted by Gasteiger charge is -2.15. The molecule has 3 aromatic rings. The summed E-state index contributed by atoms with van der Waals surface area (Å²) in [4.78, 5) is 13.2. The molecule has 0 N–H and O–H groups in total. The van der Waals surface area contributed by atoms with E-state index >= 15 is 0 Å². The van der Waals surface area contributed by atoms with Gasteiger partial charge in [-0.15, -0.1) is 0 Å². The van der Waals surface area contributed by atoms with E-state index in [1.54, 1.807) is 23.9 Å². The van der Waals surface area contributed by atoms with Gasteiger partial charge >= 0.3 is 6.18 Å². The lowest BCUT2D eigenvalue weighted by molar-refractivity contribution is -0.137. The molecular formula is C19H15F3N2O. The molecule has 0 spiro atoms. The molecule has 0 saturated heterocycles. The summed E-state index contributed by atoms with van der Waals surface area (Å²) in [6, 6.07) is 12.3. The van der Waals surface area contributed by atoms with Crippen LogP contribution in [0.2, 0.25) is 0 Å². The molecule has 0 saturated carbocycles. The highest BCUT2D eigenvalue weighted by atomic mass is 19.4. The van der Waals surface area contributed by atoms with Gasteiger partial charge in [0.1, 0.15) is 0 Å². The highest BCUT2D eigenvalue weighted by Crippen LogP contribution is 2.31. The number of hydrogen-bond donors (Lipinski definition) is 0. The van der Waals surface area contributed by atoms with Crippen molar-refractivity contribution in [1.29, 1.82) is 0 Å². The zero-order valence-corrected chi connectivity index (χ0v) is 13.4. The van der Waals surface area contributed by atoms with Crippen LogP contribution in [0.25, 0.3) is 16.6 Å². The maximum atomic E-state index is 12.7. The van der Waals surface area contributed by atoms with Gasteiger partial charge in [0.05, 0.1) is 11.1 Å². The lowest BCUT2D eigenvalue weighted by Crippen LogP contribution is -2.23. The quantitative estimate of drug-likeness (QED) is 0.627. The Labute approximate surface area is 142 Å². The van der Waals surface area contributed by atoms with Crippen LogP contribution in [0.3, 0.4) is 0 Å². The second-order valence-corrected chi connectivity index (χ2v) is 5.57. The summed E-state index contributed by atoms with van der Waals surface area (Å²) in [6.07, 6.45) is -1.33. The Hall–Kier alpha value is -3.02. The van der Waals surface area contributed by atoms with E-state index in [-0.39, 0.29) is 5.91 Å². The van der Waals surface area contributed by atoms with Gasteiger partial charge in [-0.25, -0.2) is 0 Å². The van der Waals surface area contributed by atoms with Crippen molar-refractivity contribution < 1.29 is 18.0 Å². The van der Waals surface area contributed by atoms with E-state index < -0.39 is 11.7 Å². The van der Waals surface area contributed by atoms with Crippen molar-refractivity contribution in [1.82, 2.24) is 4.57 Å². The van der Waals surface area contributed by atoms with Crippen LogP contribution < -0.4 is 4.90 Å². The van der Waals surface area contributed by atoms with Gasteiger partial charge in [-0.05, 0) is 54.6 Å². The molecular weight excluding hydrogens is 329 g/mol. The molecule has 25 heavy (non-hydrogen) atoms. The largest absolute Gasteiger partial charge is 0.416 e. The molecule has 0 aliphatic heterocycles. The summed E-state index contributed by atoms with van der Waals surface area (Å²) in [6.45, 7) is 3.46. The maximum absolute atomic E-state index is 12.7. The van der Waals surface area contributed by atoms with Gasteiger partial charge in [-0.1, -0.05) is 6.58 Å². The number of amides is 1. The summed E-state index contributed by atoms with van der Waals surface area (Å²) < 4.78 is 39.9. The normalized spacial score (nSPS) is 11.5. The minimum Gasteiger partial charge on any atom is -0.317 e. The molecule has 1 amide bonds. The maximum Gasteiger partial charge on any atom is 0.416 e. The van der Waals surface area contributed by atoms with E-state index in [0.717, 1.165) is 23.0 Å². The Bertz CT molecular complexity index is 939. The first kappa shape index (κ1) is 16.8. The van der Waals surface area contributed by atoms with Gasteiger partial charge in [-0.2, -0.15) is 13.2 Å². The fraction of sp³-hybridized carbons (Fsp3) is 0.105. The summed E-state index contributed by atoms with van der Waals surface area (Å²) >= 11 is 0. The molecule has 2 aromatic carbocycles. The first-order valence-electron chi connectivity index (χ1n) is 7.50. The number of alkyl halides is 3. The number of nitrogens with zero attached hydrogens (tertiary/aromatic N) is 2. The number of likely N-dealkylation sites (N-methyl/N-ethyl adjacent to an activating group) is 1. The third-order valence-electron chi connectivity index (χ3n) is 4.04. The lowest BCUT2D eigenvalue weighted by atomic mass is 10.2. The highest BCUT2D eigenvalue weighted by Gasteiger charge is 2.30. The molecule has 0 fully saturated rings. The summed E-state index contributed by atoms with van der Waals surface area (Å²) in [5.74, 6) is -0.221. The van der Waals surface area contributed by atoms with Crippen LogP contribution in [0.4, 0.5) is 18.9 Å². The number of anilines is 1. The van der Waals surface area contributed by atoms with E-state index in [0.29, 0.717) is 11.4 Å². The average Bonchev–Trinajstić information content (AvgIpc) is 3.02. The fourth-order valence-electron chi connectivity index (χ4n) is 2.64. The standard InChI is InChI=1S/C19H15F3N2O/c1-3-18(25)23(2)16-8-9-17-13(12-16)10-11-24(17)15-6-4-14(5-7-15)19(20,21)22/h3-12H,1H2,2H3. The number of benzene rings is 2. The molecule has 3 nitrogen and oxygen atoms in total. The van der Waals surface area contributed by atoms with Crippen LogP contribution in [-0.4, -0.2) is 17.5 Å². The molecule has 0 aliphatic carbocycles. The zero-order chi connectivity index (χ0) is 18.2. The predicted molar refractivity (Wildman–Crippen MR) is 91.9 cm³/mol. The number of fused-ring (bicyclic) bond motifs is 1. The Morgan fingerprint density at radius 2 is 1.80 bits per heavy atom. The van der Waals surface area contributed by atoms with Gasteiger partial charge in [0.25, 0.3) is 0 Å². The number of rotatable bonds is 3. The molecule has 3 rings (SSSR count). The van der Waals surface area contributed by atoms with Gasteiger partial charge in [0.2, 0.25) is 5.91 Å². The SMILES string of the molecule is C=CC(=O)N(C)c1ccc2c(ccn2-c2ccc(C(F)(F)F)cc2)c1. The average molecular weight is 344 g/mol. The van der Waals surface area contributed by atoms with Crippen LogP contribution in [0.5, 0.6) is 0 Å². The number of aromatic nitrogens is 1. The number of halogens is 3. The van der Waals surface area contributed by atoms with Crippen molar-refractivity contribution in [3.05, 3.63) is 72.9 Å². The smallest absolute Gasteiger partial charge is 0.317 e. The number of carbonyl (C=O) groups is 1. The van der Waals surface area contributed by atoms with Crippen molar-refractivity contribution in [3.63, 3.8) is 0 Å². The van der Waals surface area contributed by atoms with Crippen LogP contribution >= 0.6 is 0 Å². The van der Waals surface area contributed by atoms with Gasteiger partial charge in [0.15, 0.2) is 0 Å². The Kier molecular flexibility index (Phi) is 4.12. The van der Waals surface area contributed by atoms with E-state index in [1.807, 2.05) is 18.2 Å². The topological polar surface area (TPSA) is 25.2 Å². The molecule has 0 aliphatic rings. The Balaban J connectivity index is 1.99. The van der Waals surface area contributed by atoms with E-state index in [2.05, 4.69) is 6.58 Å². The molecule has 128 valence electrons. The van der Waals surface area contributed by atoms with Gasteiger partial charge < -0.3 is 9.47 Å². The minimum atomic E-state index is -4.35. The van der Waals surface area contributed by atoms with E-state index in [4.69, 9.17) is 0 Å². The number of carbonyl (C=O) groups excluding carboxylic acids is 1. The molecule has 0 bridgehead atoms. The van der Waals surface area contributed by atoms with E-state index in [1.165, 1.54) is 23.1 Å². The molecule has 6 heteroatoms. The summed E-state index contributed by atoms with van der Waals surface area (Å²) in [7, 11) is 1.65. The van der Waals surface area contributed by atoms with Gasteiger partial charge in [0, 0.05) is 30.0 Å². The second-order valence-electron chi connectivity index (χ2n) is 5.57. The molecule has 1 aromatic heterocycles. The molecule has 0 unspecified atom stereocenters. The van der Waals surface area contributed by atoms with Crippen molar-refractivity contribution in [3.8, 4) is 5.69 Å². The van der Waals surface area contributed by atoms with Crippen LogP contribution in [0.15, 0.2) is 67.4 Å². The molecule has 1 heterocycles. The molecule has 0 atom stereocenters. The van der Waals surface area contributed by atoms with E-state index in [9.17, 15) is 18.0 Å². The third-order valence-corrected chi connectivity index (χ3v) is 4.04. The summed E-state index contributed by atoms with van der Waals surface area (Å²) in [5.41, 5.74) is 1.50. The minimum absolute atomic E-state index is 0.221. The summed E-state index contributed by atoms with van der Waals surface area (Å²) in [5, 5.41) is 0.876. The van der Waals surface area contributed by atoms with Crippen LogP contribution in [-0.2, 0) is 11.0 Å². The predicted octanol–water partition coefficient (Wildman–Crippen LogP) is 4.80. The second kappa shape index (κ2) is 6.12. The fourth-order valence-corrected chi connectivity index (χ4v) is 2.64. The van der Waals surface area contributed by atoms with Crippen LogP contribution in [0, 0.1) is 0 Å². The Morgan fingerprint density at radius 3 is 2.40 bits per heavy atom. The third kappa shape index (κ3) is 3.15. The Morgan fingerprint density at radius 1 is 1.12 bits per heavy atom. The van der Waals surface area contributed by atoms with Crippen molar-refractivity contribution in [2.75, 3.05) is 11.9 Å². The highest BCUT2D eigenvalue weighted by molar-refractivity contribution is 6.02. The molecule has 0 radical (unpaired) electrons. The van der Waals surface area contributed by atoms with Crippen molar-refractivity contribution >= 4 is 22.5 Å². The first-order chi connectivity index (χ1) is 11.8. The zero-order valence-electron chi connectivity index (χ0n) is 13.4. The van der Waals surface area contributed by atoms with Gasteiger partial charge in [-0.3, -0.25) is 4.79 Å². The number of hydrogen-bond acceptors (Lipinski definition) is 1. The van der Waals surface area contributed by atoms with Crippen LogP contribution in [0.1, 0.15) is 5.56 Å².